The number of thiophene rings is 1. The molecule has 2 aromatic rings. The summed E-state index contributed by atoms with van der Waals surface area (Å²) in [5.74, 6) is -0.822. The van der Waals surface area contributed by atoms with Crippen LogP contribution in [0.5, 0.6) is 0 Å². The quantitative estimate of drug-likeness (QED) is 0.851. The van der Waals surface area contributed by atoms with E-state index in [1.807, 2.05) is 0 Å². The monoisotopic (exact) mass is 367 g/mol. The summed E-state index contributed by atoms with van der Waals surface area (Å²) >= 11 is 1.21. The van der Waals surface area contributed by atoms with Crippen LogP contribution in [-0.4, -0.2) is 23.8 Å². The standard InChI is InChI=1S/C18H14FN5OS/c1-18(7-16(25)24(2)17(22)23-18)15-6-12(14(9-21)26-15)10-3-4-13(19)11(5-10)8-20/h3-6H,7H2,1-2H3,(H2,22,23)/t18-/m0/s1. The maximum Gasteiger partial charge on any atom is 0.231 e. The molecule has 0 aliphatic carbocycles. The average Bonchev–Trinajstić information content (AvgIpc) is 3.05. The second-order valence-corrected chi connectivity index (χ2v) is 7.26. The number of benzene rings is 1. The van der Waals surface area contributed by atoms with Gasteiger partial charge in [0.25, 0.3) is 0 Å². The van der Waals surface area contributed by atoms with Crippen molar-refractivity contribution in [1.29, 1.82) is 15.9 Å². The average molecular weight is 367 g/mol. The van der Waals surface area contributed by atoms with Gasteiger partial charge in [0.05, 0.1) is 17.5 Å². The molecule has 1 aromatic carbocycles. The third kappa shape index (κ3) is 2.81. The normalized spacial score (nSPS) is 19.7. The zero-order valence-electron chi connectivity index (χ0n) is 14.1. The van der Waals surface area contributed by atoms with Crippen LogP contribution in [0.1, 0.15) is 28.7 Å². The SMILES string of the molecule is CN1C(=N)N[C@](C)(c2cc(-c3ccc(F)c(C#N)c3)c(C#N)s2)CC1=O. The molecule has 1 atom stereocenters. The summed E-state index contributed by atoms with van der Waals surface area (Å²) in [4.78, 5) is 14.5. The first-order valence-electron chi connectivity index (χ1n) is 7.67. The van der Waals surface area contributed by atoms with Crippen LogP contribution in [0.4, 0.5) is 4.39 Å². The minimum atomic E-state index is -0.812. The molecule has 0 unspecified atom stereocenters. The van der Waals surface area contributed by atoms with Crippen LogP contribution < -0.4 is 5.32 Å². The minimum Gasteiger partial charge on any atom is -0.345 e. The number of hydrogen-bond donors (Lipinski definition) is 2. The fourth-order valence-corrected chi connectivity index (χ4v) is 3.90. The van der Waals surface area contributed by atoms with Crippen molar-refractivity contribution in [3.8, 4) is 23.3 Å². The van der Waals surface area contributed by atoms with Crippen molar-refractivity contribution in [1.82, 2.24) is 10.2 Å². The highest BCUT2D eigenvalue weighted by molar-refractivity contribution is 7.13. The number of carbonyl (C=O) groups excluding carboxylic acids is 1. The van der Waals surface area contributed by atoms with Crippen LogP contribution in [0, 0.1) is 33.9 Å². The van der Waals surface area contributed by atoms with Gasteiger partial charge in [0.1, 0.15) is 22.8 Å². The Bertz CT molecular complexity index is 996. The van der Waals surface area contributed by atoms with Gasteiger partial charge in [-0.15, -0.1) is 11.3 Å². The van der Waals surface area contributed by atoms with Gasteiger partial charge in [-0.25, -0.2) is 4.39 Å². The molecule has 1 fully saturated rings. The van der Waals surface area contributed by atoms with Crippen molar-refractivity contribution < 1.29 is 9.18 Å². The van der Waals surface area contributed by atoms with Gasteiger partial charge in [-0.1, -0.05) is 6.07 Å². The Balaban J connectivity index is 2.08. The van der Waals surface area contributed by atoms with Crippen LogP contribution in [0.3, 0.4) is 0 Å². The number of rotatable bonds is 2. The van der Waals surface area contributed by atoms with Gasteiger partial charge in [0.2, 0.25) is 5.91 Å². The molecule has 26 heavy (non-hydrogen) atoms. The topological polar surface area (TPSA) is 104 Å². The summed E-state index contributed by atoms with van der Waals surface area (Å²) in [6.07, 6.45) is 0.142. The number of nitrogens with zero attached hydrogens (tertiary/aromatic N) is 3. The van der Waals surface area contributed by atoms with Crippen molar-refractivity contribution in [3.63, 3.8) is 0 Å². The molecule has 130 valence electrons. The number of halogens is 1. The summed E-state index contributed by atoms with van der Waals surface area (Å²) in [6, 6.07) is 9.78. The Hall–Kier alpha value is -3.23. The molecule has 1 aliphatic rings. The predicted octanol–water partition coefficient (Wildman–Crippen LogP) is 2.90. The molecule has 1 saturated heterocycles. The molecule has 1 aromatic heterocycles. The minimum absolute atomic E-state index is 0.00856. The highest BCUT2D eigenvalue weighted by atomic mass is 32.1. The van der Waals surface area contributed by atoms with Crippen molar-refractivity contribution in [2.24, 2.45) is 0 Å². The number of nitrogens with one attached hydrogen (secondary N) is 2. The van der Waals surface area contributed by atoms with Gasteiger partial charge in [-0.05, 0) is 30.7 Å². The highest BCUT2D eigenvalue weighted by Gasteiger charge is 2.39. The number of amides is 1. The fourth-order valence-electron chi connectivity index (χ4n) is 2.82. The van der Waals surface area contributed by atoms with Gasteiger partial charge >= 0.3 is 0 Å². The van der Waals surface area contributed by atoms with Crippen molar-refractivity contribution >= 4 is 23.2 Å². The van der Waals surface area contributed by atoms with Crippen LogP contribution in [0.2, 0.25) is 0 Å². The van der Waals surface area contributed by atoms with Gasteiger partial charge in [0, 0.05) is 17.5 Å². The molecule has 1 aliphatic heterocycles. The van der Waals surface area contributed by atoms with Crippen molar-refractivity contribution in [2.75, 3.05) is 7.05 Å². The van der Waals surface area contributed by atoms with Crippen molar-refractivity contribution in [2.45, 2.75) is 18.9 Å². The van der Waals surface area contributed by atoms with E-state index < -0.39 is 11.4 Å². The molecular formula is C18H14FN5OS. The Kier molecular flexibility index (Phi) is 4.23. The van der Waals surface area contributed by atoms with E-state index in [2.05, 4.69) is 11.4 Å². The molecule has 3 rings (SSSR count). The third-order valence-corrected chi connectivity index (χ3v) is 5.69. The van der Waals surface area contributed by atoms with Crippen LogP contribution >= 0.6 is 11.3 Å². The fraction of sp³-hybridized carbons (Fsp3) is 0.222. The van der Waals surface area contributed by atoms with E-state index in [1.54, 1.807) is 19.1 Å². The summed E-state index contributed by atoms with van der Waals surface area (Å²) in [7, 11) is 1.53. The number of carbonyl (C=O) groups is 1. The number of nitriles is 2. The Morgan fingerprint density at radius 2 is 2.08 bits per heavy atom. The van der Waals surface area contributed by atoms with E-state index in [0.29, 0.717) is 16.0 Å². The highest BCUT2D eigenvalue weighted by Crippen LogP contribution is 2.39. The van der Waals surface area contributed by atoms with E-state index >= 15 is 0 Å². The van der Waals surface area contributed by atoms with E-state index in [-0.39, 0.29) is 23.9 Å². The van der Waals surface area contributed by atoms with Crippen molar-refractivity contribution in [3.05, 3.63) is 45.4 Å². The molecular weight excluding hydrogens is 353 g/mol. The summed E-state index contributed by atoms with van der Waals surface area (Å²) < 4.78 is 13.6. The summed E-state index contributed by atoms with van der Waals surface area (Å²) in [5.41, 5.74) is 0.220. The summed E-state index contributed by atoms with van der Waals surface area (Å²) in [5, 5.41) is 29.5. The first kappa shape index (κ1) is 17.6. The van der Waals surface area contributed by atoms with Gasteiger partial charge < -0.3 is 5.32 Å². The molecule has 1 amide bonds. The molecule has 2 heterocycles. The maximum absolute atomic E-state index is 13.6. The number of guanidine groups is 1. The third-order valence-electron chi connectivity index (χ3n) is 4.38. The predicted molar refractivity (Wildman–Crippen MR) is 94.7 cm³/mol. The molecule has 2 N–H and O–H groups in total. The lowest BCUT2D eigenvalue weighted by Gasteiger charge is -2.38. The van der Waals surface area contributed by atoms with Gasteiger partial charge in [0.15, 0.2) is 5.96 Å². The van der Waals surface area contributed by atoms with Gasteiger partial charge in [-0.3, -0.25) is 15.1 Å². The Labute approximate surface area is 153 Å². The van der Waals surface area contributed by atoms with Crippen LogP contribution in [0.25, 0.3) is 11.1 Å². The molecule has 8 heteroatoms. The lowest BCUT2D eigenvalue weighted by Crippen LogP contribution is -2.57. The van der Waals surface area contributed by atoms with E-state index in [9.17, 15) is 14.4 Å². The zero-order valence-corrected chi connectivity index (χ0v) is 14.9. The first-order chi connectivity index (χ1) is 12.3. The molecule has 0 spiro atoms. The second kappa shape index (κ2) is 6.25. The summed E-state index contributed by atoms with van der Waals surface area (Å²) in [6.45, 7) is 1.80. The maximum atomic E-state index is 13.6. The molecule has 0 radical (unpaired) electrons. The smallest absolute Gasteiger partial charge is 0.231 e. The Morgan fingerprint density at radius 3 is 2.69 bits per heavy atom. The molecule has 0 saturated carbocycles. The Morgan fingerprint density at radius 1 is 1.35 bits per heavy atom. The molecule has 6 nitrogen and oxygen atoms in total. The largest absolute Gasteiger partial charge is 0.345 e. The number of hydrogen-bond acceptors (Lipinski definition) is 5. The van der Waals surface area contributed by atoms with Crippen LogP contribution in [0.15, 0.2) is 24.3 Å². The van der Waals surface area contributed by atoms with E-state index in [4.69, 9.17) is 10.7 Å². The first-order valence-corrected chi connectivity index (χ1v) is 8.48. The zero-order chi connectivity index (χ0) is 19.1. The second-order valence-electron chi connectivity index (χ2n) is 6.21. The van der Waals surface area contributed by atoms with E-state index in [0.717, 1.165) is 4.88 Å². The van der Waals surface area contributed by atoms with Gasteiger partial charge in [-0.2, -0.15) is 10.5 Å². The lowest BCUT2D eigenvalue weighted by atomic mass is 9.91. The van der Waals surface area contributed by atoms with Crippen LogP contribution in [-0.2, 0) is 10.3 Å². The lowest BCUT2D eigenvalue weighted by molar-refractivity contribution is -0.129. The molecule has 0 bridgehead atoms. The van der Waals surface area contributed by atoms with E-state index in [1.165, 1.54) is 41.5 Å².